The molecule has 0 saturated carbocycles. The minimum absolute atomic E-state index is 0.0601. The number of carbonyl (C=O) groups excluding carboxylic acids is 3. The van der Waals surface area contributed by atoms with E-state index in [1.807, 2.05) is 30.3 Å². The highest BCUT2D eigenvalue weighted by atomic mass is 16.5. The number of para-hydroxylation sites is 1. The first kappa shape index (κ1) is 21.8. The van der Waals surface area contributed by atoms with Crippen molar-refractivity contribution in [1.82, 2.24) is 0 Å². The Morgan fingerprint density at radius 2 is 1.52 bits per heavy atom. The summed E-state index contributed by atoms with van der Waals surface area (Å²) in [4.78, 5) is 36.4. The van der Waals surface area contributed by atoms with Crippen molar-refractivity contribution in [3.05, 3.63) is 95.6 Å². The maximum atomic E-state index is 12.7. The topological polar surface area (TPSA) is 81.7 Å². The molecule has 0 heterocycles. The predicted molar refractivity (Wildman–Crippen MR) is 117 cm³/mol. The minimum Gasteiger partial charge on any atom is -0.489 e. The van der Waals surface area contributed by atoms with Crippen molar-refractivity contribution in [2.24, 2.45) is 0 Å². The average Bonchev–Trinajstić information content (AvgIpc) is 2.78. The largest absolute Gasteiger partial charge is 0.489 e. The highest BCUT2D eigenvalue weighted by Crippen LogP contribution is 2.17. The fraction of sp³-hybridized carbons (Fsp3) is 0.160. The number of esters is 1. The van der Waals surface area contributed by atoms with Crippen LogP contribution in [0, 0.1) is 0 Å². The number of hydrogen-bond donors (Lipinski definition) is 1. The molecular formula is C25H23NO5. The third-order valence-electron chi connectivity index (χ3n) is 4.59. The number of ketones is 1. The van der Waals surface area contributed by atoms with Gasteiger partial charge in [-0.3, -0.25) is 9.59 Å². The number of rotatable bonds is 8. The molecule has 0 aliphatic rings. The summed E-state index contributed by atoms with van der Waals surface area (Å²) in [5, 5.41) is 2.67. The maximum Gasteiger partial charge on any atom is 0.339 e. The Kier molecular flexibility index (Phi) is 7.17. The highest BCUT2D eigenvalue weighted by Gasteiger charge is 2.21. The zero-order valence-electron chi connectivity index (χ0n) is 17.3. The summed E-state index contributed by atoms with van der Waals surface area (Å²) in [6, 6.07) is 22.7. The summed E-state index contributed by atoms with van der Waals surface area (Å²) in [5.74, 6) is -0.451. The number of anilines is 1. The van der Waals surface area contributed by atoms with Gasteiger partial charge in [0.1, 0.15) is 12.4 Å². The molecule has 3 aromatic rings. The fourth-order valence-corrected chi connectivity index (χ4v) is 2.83. The standard InChI is InChI=1S/C25H23NO5/c1-17(27)19-12-14-21(15-13-19)26-24(28)18(2)31-25(29)23-11-7-6-8-20(23)16-30-22-9-4-3-5-10-22/h3-15,18H,16H2,1-2H3,(H,26,28). The van der Waals surface area contributed by atoms with Gasteiger partial charge in [0.05, 0.1) is 5.56 Å². The molecule has 3 aromatic carbocycles. The molecule has 0 spiro atoms. The number of carbonyl (C=O) groups is 3. The lowest BCUT2D eigenvalue weighted by Crippen LogP contribution is -2.30. The van der Waals surface area contributed by atoms with E-state index in [0.29, 0.717) is 28.1 Å². The second kappa shape index (κ2) is 10.2. The van der Waals surface area contributed by atoms with E-state index < -0.39 is 18.0 Å². The fourth-order valence-electron chi connectivity index (χ4n) is 2.83. The Balaban J connectivity index is 1.61. The summed E-state index contributed by atoms with van der Waals surface area (Å²) in [6.07, 6.45) is -1.01. The number of benzene rings is 3. The van der Waals surface area contributed by atoms with E-state index >= 15 is 0 Å². The smallest absolute Gasteiger partial charge is 0.339 e. The first-order chi connectivity index (χ1) is 14.9. The third kappa shape index (κ3) is 6.02. The molecule has 0 aromatic heterocycles. The van der Waals surface area contributed by atoms with Crippen molar-refractivity contribution < 1.29 is 23.9 Å². The van der Waals surface area contributed by atoms with E-state index in [0.717, 1.165) is 0 Å². The minimum atomic E-state index is -1.01. The van der Waals surface area contributed by atoms with Gasteiger partial charge in [-0.1, -0.05) is 36.4 Å². The van der Waals surface area contributed by atoms with Crippen molar-refractivity contribution in [3.8, 4) is 5.75 Å². The maximum absolute atomic E-state index is 12.7. The molecule has 31 heavy (non-hydrogen) atoms. The van der Waals surface area contributed by atoms with Crippen LogP contribution in [0.1, 0.15) is 40.1 Å². The molecule has 6 heteroatoms. The van der Waals surface area contributed by atoms with E-state index in [-0.39, 0.29) is 12.4 Å². The summed E-state index contributed by atoms with van der Waals surface area (Å²) in [6.45, 7) is 3.16. The van der Waals surface area contributed by atoms with Crippen LogP contribution in [-0.4, -0.2) is 23.8 Å². The van der Waals surface area contributed by atoms with Crippen molar-refractivity contribution in [2.45, 2.75) is 26.6 Å². The van der Waals surface area contributed by atoms with Gasteiger partial charge in [-0.05, 0) is 56.3 Å². The molecule has 1 N–H and O–H groups in total. The van der Waals surface area contributed by atoms with E-state index in [1.54, 1.807) is 48.5 Å². The van der Waals surface area contributed by atoms with E-state index in [9.17, 15) is 14.4 Å². The number of Topliss-reactive ketones (excluding diaryl/α,β-unsaturated/α-hetero) is 1. The van der Waals surface area contributed by atoms with Gasteiger partial charge in [-0.25, -0.2) is 4.79 Å². The van der Waals surface area contributed by atoms with Crippen LogP contribution in [0.15, 0.2) is 78.9 Å². The summed E-state index contributed by atoms with van der Waals surface area (Å²) in [5.41, 5.74) is 2.05. The van der Waals surface area contributed by atoms with Crippen LogP contribution >= 0.6 is 0 Å². The van der Waals surface area contributed by atoms with Crippen LogP contribution in [0.2, 0.25) is 0 Å². The van der Waals surface area contributed by atoms with Crippen LogP contribution in [0.5, 0.6) is 5.75 Å². The Bertz CT molecular complexity index is 1060. The Hall–Kier alpha value is -3.93. The van der Waals surface area contributed by atoms with Crippen molar-refractivity contribution in [3.63, 3.8) is 0 Å². The molecule has 0 aliphatic carbocycles. The molecule has 1 unspecified atom stereocenters. The normalized spacial score (nSPS) is 11.3. The van der Waals surface area contributed by atoms with Crippen molar-refractivity contribution >= 4 is 23.3 Å². The number of nitrogens with one attached hydrogen (secondary N) is 1. The van der Waals surface area contributed by atoms with Gasteiger partial charge in [0, 0.05) is 16.8 Å². The second-order valence-corrected chi connectivity index (χ2v) is 6.93. The molecule has 0 bridgehead atoms. The second-order valence-electron chi connectivity index (χ2n) is 6.93. The Morgan fingerprint density at radius 1 is 0.871 bits per heavy atom. The average molecular weight is 417 g/mol. The summed E-state index contributed by atoms with van der Waals surface area (Å²) in [7, 11) is 0. The predicted octanol–water partition coefficient (Wildman–Crippen LogP) is 4.65. The first-order valence-corrected chi connectivity index (χ1v) is 9.82. The Morgan fingerprint density at radius 3 is 2.19 bits per heavy atom. The lowest BCUT2D eigenvalue weighted by atomic mass is 10.1. The highest BCUT2D eigenvalue weighted by molar-refractivity contribution is 5.98. The molecular weight excluding hydrogens is 394 g/mol. The zero-order chi connectivity index (χ0) is 22.2. The lowest BCUT2D eigenvalue weighted by molar-refractivity contribution is -0.123. The van der Waals surface area contributed by atoms with Crippen LogP contribution < -0.4 is 10.1 Å². The third-order valence-corrected chi connectivity index (χ3v) is 4.59. The molecule has 6 nitrogen and oxygen atoms in total. The van der Waals surface area contributed by atoms with Crippen LogP contribution in [0.3, 0.4) is 0 Å². The first-order valence-electron chi connectivity index (χ1n) is 9.82. The number of amides is 1. The summed E-state index contributed by atoms with van der Waals surface area (Å²) >= 11 is 0. The molecule has 0 fully saturated rings. The van der Waals surface area contributed by atoms with E-state index in [1.165, 1.54) is 13.8 Å². The zero-order valence-corrected chi connectivity index (χ0v) is 17.3. The molecule has 0 saturated heterocycles. The van der Waals surface area contributed by atoms with Crippen LogP contribution in [0.25, 0.3) is 0 Å². The SMILES string of the molecule is CC(=O)c1ccc(NC(=O)C(C)OC(=O)c2ccccc2COc2ccccc2)cc1. The lowest BCUT2D eigenvalue weighted by Gasteiger charge is -2.15. The summed E-state index contributed by atoms with van der Waals surface area (Å²) < 4.78 is 11.1. The molecule has 0 radical (unpaired) electrons. The molecule has 1 amide bonds. The van der Waals surface area contributed by atoms with Crippen molar-refractivity contribution in [1.29, 1.82) is 0 Å². The van der Waals surface area contributed by atoms with Gasteiger partial charge >= 0.3 is 5.97 Å². The van der Waals surface area contributed by atoms with Crippen LogP contribution in [-0.2, 0) is 16.1 Å². The molecule has 158 valence electrons. The molecule has 1 atom stereocenters. The monoisotopic (exact) mass is 417 g/mol. The van der Waals surface area contributed by atoms with Gasteiger partial charge in [0.25, 0.3) is 5.91 Å². The van der Waals surface area contributed by atoms with Gasteiger partial charge in [-0.2, -0.15) is 0 Å². The van der Waals surface area contributed by atoms with E-state index in [2.05, 4.69) is 5.32 Å². The van der Waals surface area contributed by atoms with E-state index in [4.69, 9.17) is 9.47 Å². The van der Waals surface area contributed by atoms with Gasteiger partial charge < -0.3 is 14.8 Å². The quantitative estimate of drug-likeness (QED) is 0.426. The van der Waals surface area contributed by atoms with Gasteiger partial charge in [0.2, 0.25) is 0 Å². The number of hydrogen-bond acceptors (Lipinski definition) is 5. The number of ether oxygens (including phenoxy) is 2. The van der Waals surface area contributed by atoms with Crippen molar-refractivity contribution in [2.75, 3.05) is 5.32 Å². The van der Waals surface area contributed by atoms with Gasteiger partial charge in [0.15, 0.2) is 11.9 Å². The van der Waals surface area contributed by atoms with Gasteiger partial charge in [-0.15, -0.1) is 0 Å². The van der Waals surface area contributed by atoms with Crippen LogP contribution in [0.4, 0.5) is 5.69 Å². The molecule has 3 rings (SSSR count). The Labute approximate surface area is 180 Å². The molecule has 0 aliphatic heterocycles.